The lowest BCUT2D eigenvalue weighted by molar-refractivity contribution is -0.139. The highest BCUT2D eigenvalue weighted by atomic mass is 16.6. The molecule has 1 heterocycles. The molecule has 5 heteroatoms. The third-order valence-corrected chi connectivity index (χ3v) is 5.60. The van der Waals surface area contributed by atoms with Crippen LogP contribution in [0.15, 0.2) is 60.7 Å². The predicted octanol–water partition coefficient (Wildman–Crippen LogP) is 3.33. The van der Waals surface area contributed by atoms with Crippen molar-refractivity contribution in [3.63, 3.8) is 0 Å². The quantitative estimate of drug-likeness (QED) is 0.565. The SMILES string of the molecule is O=C1OCN(C(=O)c2ccccc2)C1CCCCNC1CC1c1ccccc1. The lowest BCUT2D eigenvalue weighted by Crippen LogP contribution is -2.38. The van der Waals surface area contributed by atoms with Gasteiger partial charge in [0.1, 0.15) is 6.04 Å². The van der Waals surface area contributed by atoms with Gasteiger partial charge in [-0.05, 0) is 49.9 Å². The van der Waals surface area contributed by atoms with Crippen LogP contribution in [0.5, 0.6) is 0 Å². The number of benzene rings is 2. The Morgan fingerprint density at radius 2 is 1.75 bits per heavy atom. The zero-order chi connectivity index (χ0) is 19.3. The summed E-state index contributed by atoms with van der Waals surface area (Å²) < 4.78 is 5.14. The third kappa shape index (κ3) is 4.25. The first-order valence-electron chi connectivity index (χ1n) is 10.0. The van der Waals surface area contributed by atoms with Crippen LogP contribution in [0.3, 0.4) is 0 Å². The molecule has 2 fully saturated rings. The first-order valence-corrected chi connectivity index (χ1v) is 10.0. The molecule has 1 N–H and O–H groups in total. The largest absolute Gasteiger partial charge is 0.443 e. The number of unbranched alkanes of at least 4 members (excludes halogenated alkanes) is 1. The summed E-state index contributed by atoms with van der Waals surface area (Å²) in [5, 5.41) is 3.60. The Labute approximate surface area is 165 Å². The van der Waals surface area contributed by atoms with Crippen LogP contribution in [0.2, 0.25) is 0 Å². The number of nitrogens with zero attached hydrogens (tertiary/aromatic N) is 1. The second kappa shape index (κ2) is 8.57. The van der Waals surface area contributed by atoms with E-state index in [0.29, 0.717) is 23.9 Å². The number of carbonyl (C=O) groups is 2. The fraction of sp³-hybridized carbons (Fsp3) is 0.391. The molecule has 3 unspecified atom stereocenters. The molecule has 2 aromatic rings. The van der Waals surface area contributed by atoms with E-state index in [1.807, 2.05) is 24.3 Å². The average Bonchev–Trinajstić information content (AvgIpc) is 3.43. The van der Waals surface area contributed by atoms with Crippen LogP contribution in [-0.4, -0.2) is 42.1 Å². The summed E-state index contributed by atoms with van der Waals surface area (Å²) in [4.78, 5) is 26.3. The van der Waals surface area contributed by atoms with Gasteiger partial charge in [0.2, 0.25) is 0 Å². The molecule has 3 atom stereocenters. The molecule has 146 valence electrons. The normalized spacial score (nSPS) is 23.5. The number of esters is 1. The van der Waals surface area contributed by atoms with Crippen molar-refractivity contribution in [3.8, 4) is 0 Å². The highest BCUT2D eigenvalue weighted by molar-refractivity contribution is 5.97. The number of carbonyl (C=O) groups excluding carboxylic acids is 2. The van der Waals surface area contributed by atoms with Gasteiger partial charge in [-0.1, -0.05) is 48.5 Å². The number of nitrogens with one attached hydrogen (secondary N) is 1. The third-order valence-electron chi connectivity index (χ3n) is 5.60. The fourth-order valence-electron chi connectivity index (χ4n) is 3.91. The molecule has 28 heavy (non-hydrogen) atoms. The van der Waals surface area contributed by atoms with E-state index >= 15 is 0 Å². The van der Waals surface area contributed by atoms with Crippen molar-refractivity contribution in [2.45, 2.75) is 43.7 Å². The van der Waals surface area contributed by atoms with Crippen LogP contribution in [0.25, 0.3) is 0 Å². The van der Waals surface area contributed by atoms with Gasteiger partial charge in [0.05, 0.1) is 0 Å². The summed E-state index contributed by atoms with van der Waals surface area (Å²) in [5.74, 6) is 0.201. The lowest BCUT2D eigenvalue weighted by Gasteiger charge is -2.20. The van der Waals surface area contributed by atoms with E-state index in [4.69, 9.17) is 4.74 Å². The van der Waals surface area contributed by atoms with Gasteiger partial charge in [0.15, 0.2) is 6.73 Å². The predicted molar refractivity (Wildman–Crippen MR) is 107 cm³/mol. The molecule has 0 aromatic heterocycles. The number of rotatable bonds is 8. The zero-order valence-electron chi connectivity index (χ0n) is 15.9. The Bertz CT molecular complexity index is 809. The first kappa shape index (κ1) is 18.7. The van der Waals surface area contributed by atoms with Crippen LogP contribution in [0.1, 0.15) is 47.5 Å². The van der Waals surface area contributed by atoms with Gasteiger partial charge in [-0.25, -0.2) is 4.79 Å². The summed E-state index contributed by atoms with van der Waals surface area (Å²) in [5.41, 5.74) is 2.00. The minimum absolute atomic E-state index is 0.0519. The standard InChI is InChI=1S/C23H26N2O3/c26-22(18-11-5-2-6-12-18)25-16-28-23(27)21(25)13-7-8-14-24-20-15-19(20)17-9-3-1-4-10-17/h1-6,9-12,19-21,24H,7-8,13-16H2. The van der Waals surface area contributed by atoms with Gasteiger partial charge in [0.25, 0.3) is 5.91 Å². The molecule has 1 saturated heterocycles. The summed E-state index contributed by atoms with van der Waals surface area (Å²) in [6.45, 7) is 0.985. The summed E-state index contributed by atoms with van der Waals surface area (Å²) in [7, 11) is 0. The molecule has 2 aromatic carbocycles. The second-order valence-electron chi connectivity index (χ2n) is 7.56. The number of amides is 1. The van der Waals surface area contributed by atoms with Crippen molar-refractivity contribution in [1.29, 1.82) is 0 Å². The minimum Gasteiger partial charge on any atom is -0.443 e. The van der Waals surface area contributed by atoms with Crippen LogP contribution in [0.4, 0.5) is 0 Å². The summed E-state index contributed by atoms with van der Waals surface area (Å²) in [6.07, 6.45) is 3.70. The van der Waals surface area contributed by atoms with Gasteiger partial charge < -0.3 is 10.1 Å². The molecule has 1 aliphatic carbocycles. The van der Waals surface area contributed by atoms with E-state index in [0.717, 1.165) is 19.4 Å². The van der Waals surface area contributed by atoms with E-state index in [9.17, 15) is 9.59 Å². The average molecular weight is 378 g/mol. The van der Waals surface area contributed by atoms with Crippen molar-refractivity contribution >= 4 is 11.9 Å². The Balaban J connectivity index is 1.20. The number of hydrogen-bond donors (Lipinski definition) is 1. The molecule has 1 amide bonds. The number of ether oxygens (including phenoxy) is 1. The van der Waals surface area contributed by atoms with Crippen LogP contribution >= 0.6 is 0 Å². The second-order valence-corrected chi connectivity index (χ2v) is 7.56. The number of cyclic esters (lactones) is 1. The maximum absolute atomic E-state index is 12.6. The van der Waals surface area contributed by atoms with E-state index < -0.39 is 6.04 Å². The highest BCUT2D eigenvalue weighted by Crippen LogP contribution is 2.40. The molecule has 4 rings (SSSR count). The maximum Gasteiger partial charge on any atom is 0.330 e. The molecule has 0 spiro atoms. The van der Waals surface area contributed by atoms with Gasteiger partial charge >= 0.3 is 5.97 Å². The highest BCUT2D eigenvalue weighted by Gasteiger charge is 2.38. The van der Waals surface area contributed by atoms with Gasteiger partial charge in [-0.2, -0.15) is 0 Å². The minimum atomic E-state index is -0.467. The van der Waals surface area contributed by atoms with E-state index in [1.54, 1.807) is 17.0 Å². The Morgan fingerprint density at radius 1 is 1.04 bits per heavy atom. The van der Waals surface area contributed by atoms with Crippen molar-refractivity contribution in [3.05, 3.63) is 71.8 Å². The lowest BCUT2D eigenvalue weighted by atomic mass is 10.1. The molecular formula is C23H26N2O3. The van der Waals surface area contributed by atoms with Gasteiger partial charge in [-0.15, -0.1) is 0 Å². The van der Waals surface area contributed by atoms with E-state index in [-0.39, 0.29) is 18.6 Å². The molecule has 2 aliphatic rings. The van der Waals surface area contributed by atoms with E-state index in [1.165, 1.54) is 12.0 Å². The molecule has 0 radical (unpaired) electrons. The number of hydrogen-bond acceptors (Lipinski definition) is 4. The van der Waals surface area contributed by atoms with Gasteiger partial charge in [0, 0.05) is 17.5 Å². The maximum atomic E-state index is 12.6. The smallest absolute Gasteiger partial charge is 0.330 e. The molecule has 1 saturated carbocycles. The van der Waals surface area contributed by atoms with Crippen molar-refractivity contribution in [2.24, 2.45) is 0 Å². The van der Waals surface area contributed by atoms with Crippen molar-refractivity contribution in [2.75, 3.05) is 13.3 Å². The summed E-state index contributed by atoms with van der Waals surface area (Å²) in [6, 6.07) is 19.8. The monoisotopic (exact) mass is 378 g/mol. The Kier molecular flexibility index (Phi) is 5.72. The first-order chi connectivity index (χ1) is 13.7. The molecule has 5 nitrogen and oxygen atoms in total. The van der Waals surface area contributed by atoms with E-state index in [2.05, 4.69) is 29.6 Å². The van der Waals surface area contributed by atoms with Crippen molar-refractivity contribution in [1.82, 2.24) is 10.2 Å². The Hall–Kier alpha value is -2.66. The van der Waals surface area contributed by atoms with Gasteiger partial charge in [-0.3, -0.25) is 9.69 Å². The topological polar surface area (TPSA) is 58.6 Å². The Morgan fingerprint density at radius 3 is 2.50 bits per heavy atom. The summed E-state index contributed by atoms with van der Waals surface area (Å²) >= 11 is 0. The van der Waals surface area contributed by atoms with Crippen molar-refractivity contribution < 1.29 is 14.3 Å². The van der Waals surface area contributed by atoms with Crippen LogP contribution < -0.4 is 5.32 Å². The molecular weight excluding hydrogens is 352 g/mol. The molecule has 1 aliphatic heterocycles. The van der Waals surface area contributed by atoms with Crippen LogP contribution in [0, 0.1) is 0 Å². The van der Waals surface area contributed by atoms with Crippen LogP contribution in [-0.2, 0) is 9.53 Å². The fourth-order valence-corrected chi connectivity index (χ4v) is 3.91. The zero-order valence-corrected chi connectivity index (χ0v) is 15.9. The molecule has 0 bridgehead atoms.